The normalized spacial score (nSPS) is 15.4. The van der Waals surface area contributed by atoms with Crippen molar-refractivity contribution in [2.75, 3.05) is 7.11 Å². The molecule has 0 saturated carbocycles. The Labute approximate surface area is 166 Å². The van der Waals surface area contributed by atoms with E-state index in [-0.39, 0.29) is 5.91 Å². The first-order valence-electron chi connectivity index (χ1n) is 8.34. The highest BCUT2D eigenvalue weighted by Gasteiger charge is 2.22. The Balaban J connectivity index is 1.80. The van der Waals surface area contributed by atoms with Gasteiger partial charge in [0.05, 0.1) is 17.5 Å². The number of carbonyl (C=O) groups is 1. The second kappa shape index (κ2) is 7.13. The van der Waals surface area contributed by atoms with Crippen LogP contribution in [-0.4, -0.2) is 22.3 Å². The molecule has 6 heteroatoms. The first kappa shape index (κ1) is 17.7. The minimum absolute atomic E-state index is 0.158. The highest BCUT2D eigenvalue weighted by Crippen LogP contribution is 2.34. The molecule has 0 aliphatic carbocycles. The smallest absolute Gasteiger partial charge is 0.263 e. The van der Waals surface area contributed by atoms with Gasteiger partial charge in [0.2, 0.25) is 0 Å². The molecule has 2 aromatic carbocycles. The summed E-state index contributed by atoms with van der Waals surface area (Å²) in [5.41, 5.74) is 4.86. The van der Waals surface area contributed by atoms with E-state index in [4.69, 9.17) is 17.0 Å². The highest BCUT2D eigenvalue weighted by atomic mass is 32.2. The predicted octanol–water partition coefficient (Wildman–Crippen LogP) is 4.71. The molecule has 0 bridgehead atoms. The number of pyridine rings is 1. The SMILES string of the molecule is COc1ccc(/C=C2\SC(=S)NC2=O)cc1-c1ccc2nc(C)ccc2c1. The molecule has 1 N–H and O–H groups in total. The zero-order valence-electron chi connectivity index (χ0n) is 14.8. The number of thiocarbonyl (C=S) groups is 1. The van der Waals surface area contributed by atoms with E-state index in [1.807, 2.05) is 49.4 Å². The zero-order chi connectivity index (χ0) is 19.0. The fourth-order valence-corrected chi connectivity index (χ4v) is 4.05. The summed E-state index contributed by atoms with van der Waals surface area (Å²) in [6.45, 7) is 1.98. The Hall–Kier alpha value is -2.70. The van der Waals surface area contributed by atoms with Gasteiger partial charge in [0.25, 0.3) is 5.91 Å². The summed E-state index contributed by atoms with van der Waals surface area (Å²) in [7, 11) is 1.65. The number of thioether (sulfide) groups is 1. The number of nitrogens with one attached hydrogen (secondary N) is 1. The number of ether oxygens (including phenoxy) is 1. The number of carbonyl (C=O) groups excluding carboxylic acids is 1. The third-order valence-electron chi connectivity index (χ3n) is 4.30. The van der Waals surface area contributed by atoms with Gasteiger partial charge in [0.1, 0.15) is 10.1 Å². The van der Waals surface area contributed by atoms with Crippen LogP contribution in [0.2, 0.25) is 0 Å². The Bertz CT molecular complexity index is 1120. The number of rotatable bonds is 3. The molecule has 134 valence electrons. The predicted molar refractivity (Wildman–Crippen MR) is 115 cm³/mol. The maximum atomic E-state index is 11.9. The van der Waals surface area contributed by atoms with E-state index in [0.29, 0.717) is 9.23 Å². The molecule has 1 aromatic heterocycles. The van der Waals surface area contributed by atoms with Gasteiger partial charge in [-0.1, -0.05) is 42.2 Å². The lowest BCUT2D eigenvalue weighted by atomic mass is 9.99. The number of hydrogen-bond acceptors (Lipinski definition) is 5. The molecule has 1 aliphatic heterocycles. The lowest BCUT2D eigenvalue weighted by molar-refractivity contribution is -0.115. The fraction of sp³-hybridized carbons (Fsp3) is 0.0952. The van der Waals surface area contributed by atoms with Gasteiger partial charge in [-0.15, -0.1) is 0 Å². The molecule has 4 rings (SSSR count). The third kappa shape index (κ3) is 3.59. The Morgan fingerprint density at radius 1 is 1.15 bits per heavy atom. The van der Waals surface area contributed by atoms with Crippen LogP contribution in [0.1, 0.15) is 11.3 Å². The molecule has 0 spiro atoms. The first-order valence-corrected chi connectivity index (χ1v) is 9.56. The lowest BCUT2D eigenvalue weighted by Crippen LogP contribution is -2.17. The van der Waals surface area contributed by atoms with Crippen molar-refractivity contribution in [3.8, 4) is 16.9 Å². The van der Waals surface area contributed by atoms with Gasteiger partial charge < -0.3 is 10.1 Å². The van der Waals surface area contributed by atoms with E-state index in [9.17, 15) is 4.79 Å². The van der Waals surface area contributed by atoms with E-state index < -0.39 is 0 Å². The highest BCUT2D eigenvalue weighted by molar-refractivity contribution is 8.26. The van der Waals surface area contributed by atoms with Crippen molar-refractivity contribution >= 4 is 51.2 Å². The number of nitrogens with zero attached hydrogens (tertiary/aromatic N) is 1. The van der Waals surface area contributed by atoms with Crippen molar-refractivity contribution in [3.05, 3.63) is 64.7 Å². The summed E-state index contributed by atoms with van der Waals surface area (Å²) in [6, 6.07) is 16.1. The van der Waals surface area contributed by atoms with Crippen LogP contribution in [0.3, 0.4) is 0 Å². The summed E-state index contributed by atoms with van der Waals surface area (Å²) in [5.74, 6) is 0.616. The van der Waals surface area contributed by atoms with Gasteiger partial charge in [0.15, 0.2) is 0 Å². The molecule has 0 atom stereocenters. The second-order valence-corrected chi connectivity index (χ2v) is 7.89. The van der Waals surface area contributed by atoms with Crippen molar-refractivity contribution < 1.29 is 9.53 Å². The number of aromatic nitrogens is 1. The van der Waals surface area contributed by atoms with E-state index in [1.54, 1.807) is 7.11 Å². The summed E-state index contributed by atoms with van der Waals surface area (Å²) >= 11 is 6.33. The summed E-state index contributed by atoms with van der Waals surface area (Å²) in [5, 5.41) is 3.71. The molecule has 1 aliphatic rings. The molecular weight excluding hydrogens is 376 g/mol. The van der Waals surface area contributed by atoms with Gasteiger partial charge in [-0.05, 0) is 54.5 Å². The number of benzene rings is 2. The summed E-state index contributed by atoms with van der Waals surface area (Å²) < 4.78 is 6.04. The van der Waals surface area contributed by atoms with E-state index in [2.05, 4.69) is 22.4 Å². The first-order chi connectivity index (χ1) is 13.0. The monoisotopic (exact) mass is 392 g/mol. The molecule has 1 fully saturated rings. The van der Waals surface area contributed by atoms with E-state index in [1.165, 1.54) is 11.8 Å². The molecular formula is C21H16N2O2S2. The molecule has 0 radical (unpaired) electrons. The second-order valence-electron chi connectivity index (χ2n) is 6.17. The maximum Gasteiger partial charge on any atom is 0.263 e. The Morgan fingerprint density at radius 2 is 2.00 bits per heavy atom. The topological polar surface area (TPSA) is 51.2 Å². The van der Waals surface area contributed by atoms with Crippen LogP contribution in [0.4, 0.5) is 0 Å². The number of hydrogen-bond donors (Lipinski definition) is 1. The van der Waals surface area contributed by atoms with Gasteiger partial charge >= 0.3 is 0 Å². The molecule has 1 amide bonds. The van der Waals surface area contributed by atoms with Gasteiger partial charge in [0, 0.05) is 16.6 Å². The van der Waals surface area contributed by atoms with Crippen molar-refractivity contribution in [2.24, 2.45) is 0 Å². The van der Waals surface area contributed by atoms with Gasteiger partial charge in [-0.2, -0.15) is 0 Å². The molecule has 0 unspecified atom stereocenters. The van der Waals surface area contributed by atoms with E-state index >= 15 is 0 Å². The molecule has 27 heavy (non-hydrogen) atoms. The molecule has 4 nitrogen and oxygen atoms in total. The fourth-order valence-electron chi connectivity index (χ4n) is 3.01. The molecule has 2 heterocycles. The number of aryl methyl sites for hydroxylation is 1. The maximum absolute atomic E-state index is 11.9. The number of amides is 1. The van der Waals surface area contributed by atoms with Crippen LogP contribution in [0, 0.1) is 6.92 Å². The Kier molecular flexibility index (Phi) is 4.68. The average Bonchev–Trinajstić information content (AvgIpc) is 2.98. The van der Waals surface area contributed by atoms with Crippen LogP contribution in [0.25, 0.3) is 28.1 Å². The van der Waals surface area contributed by atoms with Crippen molar-refractivity contribution in [2.45, 2.75) is 6.92 Å². The van der Waals surface area contributed by atoms with Crippen LogP contribution in [0.15, 0.2) is 53.4 Å². The number of fused-ring (bicyclic) bond motifs is 1. The third-order valence-corrected chi connectivity index (χ3v) is 5.47. The van der Waals surface area contributed by atoms with Crippen LogP contribution in [0.5, 0.6) is 5.75 Å². The molecule has 1 saturated heterocycles. The van der Waals surface area contributed by atoms with Crippen LogP contribution in [-0.2, 0) is 4.79 Å². The zero-order valence-corrected chi connectivity index (χ0v) is 16.4. The van der Waals surface area contributed by atoms with Crippen molar-refractivity contribution in [3.63, 3.8) is 0 Å². The van der Waals surface area contributed by atoms with Crippen molar-refractivity contribution in [1.82, 2.24) is 10.3 Å². The average molecular weight is 393 g/mol. The van der Waals surface area contributed by atoms with Crippen molar-refractivity contribution in [1.29, 1.82) is 0 Å². The summed E-state index contributed by atoms with van der Waals surface area (Å²) in [6.07, 6.45) is 1.84. The number of methoxy groups -OCH3 is 1. The Morgan fingerprint density at radius 3 is 2.74 bits per heavy atom. The summed E-state index contributed by atoms with van der Waals surface area (Å²) in [4.78, 5) is 17.1. The van der Waals surface area contributed by atoms with Crippen LogP contribution >= 0.6 is 24.0 Å². The minimum Gasteiger partial charge on any atom is -0.496 e. The largest absolute Gasteiger partial charge is 0.496 e. The molecule has 3 aromatic rings. The lowest BCUT2D eigenvalue weighted by Gasteiger charge is -2.11. The van der Waals surface area contributed by atoms with E-state index in [0.717, 1.165) is 39.0 Å². The standard InChI is InChI=1S/C21H16N2O2S2/c1-12-3-5-15-11-14(6-7-17(15)22-12)16-9-13(4-8-18(16)25-2)10-19-20(24)23-21(26)27-19/h3-11H,1-2H3,(H,23,24,26)/b19-10-. The van der Waals surface area contributed by atoms with Crippen LogP contribution < -0.4 is 10.1 Å². The minimum atomic E-state index is -0.158. The quantitative estimate of drug-likeness (QED) is 0.517. The van der Waals surface area contributed by atoms with Gasteiger partial charge in [-0.25, -0.2) is 0 Å². The van der Waals surface area contributed by atoms with Gasteiger partial charge in [-0.3, -0.25) is 9.78 Å².